The van der Waals surface area contributed by atoms with Crippen molar-refractivity contribution in [3.63, 3.8) is 0 Å². The summed E-state index contributed by atoms with van der Waals surface area (Å²) in [4.78, 5) is 10.7. The highest BCUT2D eigenvalue weighted by molar-refractivity contribution is 5.78. The van der Waals surface area contributed by atoms with Crippen molar-refractivity contribution in [2.45, 2.75) is 78.2 Å². The Morgan fingerprint density at radius 1 is 1.35 bits per heavy atom. The van der Waals surface area contributed by atoms with Crippen LogP contribution in [0.25, 0.3) is 0 Å². The molecule has 5 nitrogen and oxygen atoms in total. The Balaban J connectivity index is 0. The van der Waals surface area contributed by atoms with E-state index in [1.54, 1.807) is 44.4 Å². The Hall–Kier alpha value is -2.12. The van der Waals surface area contributed by atoms with Crippen LogP contribution in [0.5, 0.6) is 0 Å². The highest BCUT2D eigenvalue weighted by Crippen LogP contribution is 2.22. The molecular formula is C31H53FN2O3. The molecule has 2 rings (SSSR count). The predicted molar refractivity (Wildman–Crippen MR) is 157 cm³/mol. The molecule has 1 fully saturated rings. The van der Waals surface area contributed by atoms with Crippen LogP contribution in [0.4, 0.5) is 4.39 Å². The molecule has 37 heavy (non-hydrogen) atoms. The lowest BCUT2D eigenvalue weighted by Crippen LogP contribution is -2.17. The van der Waals surface area contributed by atoms with Gasteiger partial charge >= 0.3 is 0 Å². The summed E-state index contributed by atoms with van der Waals surface area (Å²) in [5, 5.41) is 13.0. The third kappa shape index (κ3) is 22.8. The van der Waals surface area contributed by atoms with Gasteiger partial charge in [0.1, 0.15) is 18.2 Å². The highest BCUT2D eigenvalue weighted by atomic mass is 19.1. The normalized spacial score (nSPS) is 16.5. The standard InChI is InChI=1S/C16H17FO2.C7H14.C5H12O.C3H10N2/c1-3-5-15(17)10-12(2)16(19)14-7-4-6-13(11-18)8-9-14;1-7-5-3-2-4-6-7;1-3-4-5-6-2;1-5-3-2-4/h3-8,10-11,16,19H,2,9H2,1H3;7H,2-6H2,1H3;3-5H2,1-2H3;5H,2-4H2,1H3/b5-3-,15-10+;;;. The van der Waals surface area contributed by atoms with Crippen LogP contribution in [0.3, 0.4) is 0 Å². The molecule has 0 spiro atoms. The van der Waals surface area contributed by atoms with Gasteiger partial charge in [0.05, 0.1) is 0 Å². The summed E-state index contributed by atoms with van der Waals surface area (Å²) in [6.07, 6.45) is 20.9. The molecule has 0 bridgehead atoms. The number of unbranched alkanes of at least 4 members (excludes halogenated alkanes) is 1. The van der Waals surface area contributed by atoms with Gasteiger partial charge in [-0.2, -0.15) is 0 Å². The smallest absolute Gasteiger partial charge is 0.149 e. The second-order valence-corrected chi connectivity index (χ2v) is 9.12. The second-order valence-electron chi connectivity index (χ2n) is 9.12. The summed E-state index contributed by atoms with van der Waals surface area (Å²) in [5.74, 6) is 0.578. The molecular weight excluding hydrogens is 467 g/mol. The van der Waals surface area contributed by atoms with E-state index in [1.165, 1.54) is 57.1 Å². The number of rotatable bonds is 10. The minimum atomic E-state index is -0.956. The van der Waals surface area contributed by atoms with Gasteiger partial charge in [-0.25, -0.2) is 4.39 Å². The maximum absolute atomic E-state index is 13.3. The molecule has 0 aromatic carbocycles. The van der Waals surface area contributed by atoms with Crippen molar-refractivity contribution in [2.24, 2.45) is 11.7 Å². The van der Waals surface area contributed by atoms with E-state index in [0.29, 0.717) is 17.6 Å². The number of ether oxygens (including phenoxy) is 1. The number of allylic oxidation sites excluding steroid dienone is 8. The highest BCUT2D eigenvalue weighted by Gasteiger charge is 2.13. The zero-order valence-corrected chi connectivity index (χ0v) is 24.0. The third-order valence-corrected chi connectivity index (χ3v) is 5.65. The molecule has 0 aromatic heterocycles. The Morgan fingerprint density at radius 2 is 2.03 bits per heavy atom. The molecule has 0 aromatic rings. The van der Waals surface area contributed by atoms with Crippen LogP contribution in [-0.2, 0) is 9.53 Å². The molecule has 0 heterocycles. The Bertz CT molecular complexity index is 727. The van der Waals surface area contributed by atoms with E-state index in [-0.39, 0.29) is 5.57 Å². The van der Waals surface area contributed by atoms with Crippen molar-refractivity contribution in [2.75, 3.05) is 33.9 Å². The molecule has 1 unspecified atom stereocenters. The SMILES string of the molecule is C=C(/C=C(F)\C=C/C)C(O)C1=CC=CC(C=O)=CC1.CC1CCCCC1.CCCCOC.CNCCN. The molecule has 1 atom stereocenters. The van der Waals surface area contributed by atoms with E-state index in [4.69, 9.17) is 10.5 Å². The maximum Gasteiger partial charge on any atom is 0.149 e. The van der Waals surface area contributed by atoms with Crippen LogP contribution < -0.4 is 11.1 Å². The molecule has 6 heteroatoms. The van der Waals surface area contributed by atoms with Gasteiger partial charge < -0.3 is 20.9 Å². The molecule has 212 valence electrons. The van der Waals surface area contributed by atoms with Gasteiger partial charge in [-0.1, -0.05) is 89.3 Å². The number of nitrogens with one attached hydrogen (secondary N) is 1. The zero-order valence-electron chi connectivity index (χ0n) is 24.0. The number of aliphatic hydroxyl groups excluding tert-OH is 1. The van der Waals surface area contributed by atoms with Crippen molar-refractivity contribution in [3.8, 4) is 0 Å². The van der Waals surface area contributed by atoms with E-state index in [9.17, 15) is 14.3 Å². The number of aldehydes is 1. The van der Waals surface area contributed by atoms with Crippen LogP contribution in [0.1, 0.15) is 72.1 Å². The predicted octanol–water partition coefficient (Wildman–Crippen LogP) is 6.53. The number of carbonyl (C=O) groups excluding carboxylic acids is 1. The number of nitrogens with two attached hydrogens (primary N) is 1. The molecule has 1 saturated carbocycles. The van der Waals surface area contributed by atoms with Crippen molar-refractivity contribution >= 4 is 6.29 Å². The fourth-order valence-corrected chi connectivity index (χ4v) is 3.39. The number of likely N-dealkylation sites (N-methyl/N-ethyl adjacent to an activating group) is 1. The van der Waals surface area contributed by atoms with Crippen LogP contribution >= 0.6 is 0 Å². The Kier molecular flexibility index (Phi) is 27.0. The molecule has 0 saturated heterocycles. The first kappa shape index (κ1) is 37.0. The summed E-state index contributed by atoms with van der Waals surface area (Å²) in [5.41, 5.74) is 6.58. The lowest BCUT2D eigenvalue weighted by atomic mass is 9.91. The summed E-state index contributed by atoms with van der Waals surface area (Å²) < 4.78 is 18.1. The second kappa shape index (κ2) is 26.9. The van der Waals surface area contributed by atoms with Gasteiger partial charge in [-0.3, -0.25) is 4.79 Å². The maximum atomic E-state index is 13.3. The minimum Gasteiger partial charge on any atom is -0.385 e. The fraction of sp³-hybridized carbons (Fsp3) is 0.581. The van der Waals surface area contributed by atoms with E-state index in [1.807, 2.05) is 7.05 Å². The molecule has 0 amide bonds. The van der Waals surface area contributed by atoms with E-state index < -0.39 is 11.9 Å². The van der Waals surface area contributed by atoms with Crippen molar-refractivity contribution in [1.29, 1.82) is 0 Å². The molecule has 2 aliphatic carbocycles. The van der Waals surface area contributed by atoms with E-state index in [0.717, 1.165) is 31.9 Å². The van der Waals surface area contributed by atoms with Crippen LogP contribution in [0.15, 0.2) is 71.7 Å². The Morgan fingerprint density at radius 3 is 2.43 bits per heavy atom. The Labute approximate surface area is 226 Å². The number of hydrogen-bond donors (Lipinski definition) is 3. The first-order valence-corrected chi connectivity index (χ1v) is 13.5. The quantitative estimate of drug-likeness (QED) is 0.173. The van der Waals surface area contributed by atoms with Crippen molar-refractivity contribution < 1.29 is 19.0 Å². The molecule has 4 N–H and O–H groups in total. The average Bonchev–Trinajstić information content (AvgIpc) is 3.15. The van der Waals surface area contributed by atoms with Gasteiger partial charge in [0.2, 0.25) is 0 Å². The van der Waals surface area contributed by atoms with Gasteiger partial charge in [0.25, 0.3) is 0 Å². The first-order valence-electron chi connectivity index (χ1n) is 13.5. The first-order chi connectivity index (χ1) is 17.8. The molecule has 2 aliphatic rings. The molecule has 0 radical (unpaired) electrons. The number of carbonyl (C=O) groups is 1. The number of aliphatic hydroxyl groups is 1. The van der Waals surface area contributed by atoms with Crippen LogP contribution in [-0.4, -0.2) is 51.4 Å². The summed E-state index contributed by atoms with van der Waals surface area (Å²) in [6.45, 7) is 12.4. The van der Waals surface area contributed by atoms with Gasteiger partial charge in [-0.15, -0.1) is 0 Å². The minimum absolute atomic E-state index is 0.276. The number of methoxy groups -OCH3 is 1. The average molecular weight is 521 g/mol. The monoisotopic (exact) mass is 520 g/mol. The summed E-state index contributed by atoms with van der Waals surface area (Å²) in [6, 6.07) is 0. The van der Waals surface area contributed by atoms with Gasteiger partial charge in [0, 0.05) is 32.4 Å². The lowest BCUT2D eigenvalue weighted by molar-refractivity contribution is -0.104. The van der Waals surface area contributed by atoms with Crippen molar-refractivity contribution in [1.82, 2.24) is 5.32 Å². The zero-order chi connectivity index (χ0) is 28.3. The van der Waals surface area contributed by atoms with Crippen LogP contribution in [0, 0.1) is 5.92 Å². The van der Waals surface area contributed by atoms with E-state index >= 15 is 0 Å². The molecule has 0 aliphatic heterocycles. The number of hydrogen-bond acceptors (Lipinski definition) is 5. The number of halogens is 1. The van der Waals surface area contributed by atoms with E-state index in [2.05, 4.69) is 25.7 Å². The summed E-state index contributed by atoms with van der Waals surface area (Å²) >= 11 is 0. The fourth-order valence-electron chi connectivity index (χ4n) is 3.39. The summed E-state index contributed by atoms with van der Waals surface area (Å²) in [7, 11) is 3.61. The topological polar surface area (TPSA) is 84.6 Å². The van der Waals surface area contributed by atoms with Gasteiger partial charge in [-0.05, 0) is 56.0 Å². The largest absolute Gasteiger partial charge is 0.385 e. The van der Waals surface area contributed by atoms with Gasteiger partial charge in [0.15, 0.2) is 0 Å². The van der Waals surface area contributed by atoms with Crippen molar-refractivity contribution in [3.05, 3.63) is 71.7 Å². The van der Waals surface area contributed by atoms with Crippen LogP contribution in [0.2, 0.25) is 0 Å². The lowest BCUT2D eigenvalue weighted by Gasteiger charge is -2.15. The third-order valence-electron chi connectivity index (χ3n) is 5.65.